The van der Waals surface area contributed by atoms with E-state index in [1.54, 1.807) is 0 Å². The fraction of sp³-hybridized carbons (Fsp3) is 0.952. The van der Waals surface area contributed by atoms with E-state index in [1.165, 1.54) is 0 Å². The van der Waals surface area contributed by atoms with Gasteiger partial charge in [0.25, 0.3) is 0 Å². The predicted molar refractivity (Wildman–Crippen MR) is 454 cm³/mol. The highest BCUT2D eigenvalue weighted by Gasteiger charge is 2.64. The fourth-order valence-electron chi connectivity index (χ4n) is 19.4. The number of hydrogen-bond donors (Lipinski definition) is 33. The Labute approximate surface area is 835 Å². The van der Waals surface area contributed by atoms with Crippen LogP contribution in [0, 0.1) is 0 Å². The molecule has 12 aliphatic rings. The highest BCUT2D eigenvalue weighted by atomic mass is 16.8. The minimum absolute atomic E-state index is 0.771. The molecule has 12 heterocycles. The van der Waals surface area contributed by atoms with Gasteiger partial charge in [-0.1, -0.05) is 0 Å². The molecular weight excluding hydrogens is 2010 g/mol. The third-order valence-corrected chi connectivity index (χ3v) is 27.2. The molecule has 0 aliphatic carbocycles. The van der Waals surface area contributed by atoms with Gasteiger partial charge in [-0.05, 0) is 0 Å². The molecule has 0 spiro atoms. The summed E-state index contributed by atoms with van der Waals surface area (Å²) >= 11 is 0. The molecule has 64 heteroatoms. The Morgan fingerprint density at radius 2 is 0.476 bits per heavy atom. The summed E-state index contributed by atoms with van der Waals surface area (Å²) in [7, 11) is 4.33. The molecule has 147 heavy (non-hydrogen) atoms. The van der Waals surface area contributed by atoms with Crippen LogP contribution in [0.1, 0.15) is 27.7 Å². The largest absolute Gasteiger partial charge is 0.394 e. The predicted octanol–water partition coefficient (Wildman–Crippen LogP) is -23.3. The number of hydrogen-bond acceptors (Lipinski definition) is 60. The van der Waals surface area contributed by atoms with Crippen LogP contribution >= 0.6 is 0 Å². The van der Waals surface area contributed by atoms with Crippen LogP contribution in [0.3, 0.4) is 0 Å². The molecule has 4 amide bonds. The lowest BCUT2D eigenvalue weighted by molar-refractivity contribution is -0.411. The molecule has 0 bridgehead atoms. The second kappa shape index (κ2) is 54.1. The molecule has 852 valence electrons. The van der Waals surface area contributed by atoms with Crippen LogP contribution < -0.4 is 21.3 Å². The average Bonchev–Trinajstić information content (AvgIpc) is 0.759. The van der Waals surface area contributed by atoms with Gasteiger partial charge >= 0.3 is 0 Å². The zero-order chi connectivity index (χ0) is 108. The van der Waals surface area contributed by atoms with Crippen LogP contribution in [-0.2, 0) is 147 Å². The van der Waals surface area contributed by atoms with E-state index >= 15 is 0 Å². The van der Waals surface area contributed by atoms with Crippen molar-refractivity contribution in [1.82, 2.24) is 21.3 Å². The van der Waals surface area contributed by atoms with Gasteiger partial charge in [-0.25, -0.2) is 0 Å². The smallest absolute Gasteiger partial charge is 0.217 e. The van der Waals surface area contributed by atoms with Gasteiger partial charge in [0.15, 0.2) is 75.5 Å². The van der Waals surface area contributed by atoms with Gasteiger partial charge in [-0.15, -0.1) is 0 Å². The summed E-state index contributed by atoms with van der Waals surface area (Å²) in [5.74, 6) is -3.93. The molecule has 64 nitrogen and oxygen atoms in total. The van der Waals surface area contributed by atoms with Gasteiger partial charge in [-0.3, -0.25) is 19.2 Å². The molecule has 0 aromatic carbocycles. The van der Waals surface area contributed by atoms with Gasteiger partial charge in [-0.2, -0.15) is 0 Å². The first-order valence-corrected chi connectivity index (χ1v) is 47.1. The number of aliphatic hydroxyl groups excluding tert-OH is 29. The maximum absolute atomic E-state index is 13.8. The van der Waals surface area contributed by atoms with Crippen LogP contribution in [0.2, 0.25) is 0 Å². The number of carbonyl (C=O) groups is 4. The summed E-state index contributed by atoms with van der Waals surface area (Å²) in [6.07, 6.45) is -113. The molecule has 12 fully saturated rings. The molecule has 0 aromatic heterocycles. The lowest BCUT2D eigenvalue weighted by Crippen LogP contribution is -2.72. The number of carbonyl (C=O) groups excluding carboxylic acids is 4. The number of ether oxygens (including phenoxy) is 27. The Balaban J connectivity index is 0.888. The maximum atomic E-state index is 13.8. The first-order chi connectivity index (χ1) is 69.8. The highest BCUT2D eigenvalue weighted by molar-refractivity contribution is 5.74. The normalized spacial score (nSPS) is 49.1. The number of nitrogens with one attached hydrogen (secondary N) is 4. The summed E-state index contributed by atoms with van der Waals surface area (Å²) in [6, 6.07) is -8.00. The van der Waals surface area contributed by atoms with Crippen LogP contribution in [0.5, 0.6) is 0 Å². The number of methoxy groups -OCH3 is 4. The fourth-order valence-corrected chi connectivity index (χ4v) is 19.4. The van der Waals surface area contributed by atoms with Crippen LogP contribution in [-0.4, -0.2) is 642 Å². The first-order valence-electron chi connectivity index (χ1n) is 47.1. The highest BCUT2D eigenvalue weighted by Crippen LogP contribution is 2.43. The summed E-state index contributed by atoms with van der Waals surface area (Å²) in [5.41, 5.74) is 0. The summed E-state index contributed by atoms with van der Waals surface area (Å²) in [4.78, 5) is 53.1. The van der Waals surface area contributed by atoms with E-state index in [1.807, 2.05) is 0 Å². The van der Waals surface area contributed by atoms with Crippen molar-refractivity contribution in [1.29, 1.82) is 0 Å². The molecule has 59 atom stereocenters. The molecule has 12 aliphatic heterocycles. The van der Waals surface area contributed by atoms with E-state index in [0.717, 1.165) is 56.1 Å². The molecule has 1 unspecified atom stereocenters. The molecule has 12 saturated heterocycles. The third kappa shape index (κ3) is 27.2. The van der Waals surface area contributed by atoms with Crippen molar-refractivity contribution in [3.63, 3.8) is 0 Å². The van der Waals surface area contributed by atoms with E-state index in [2.05, 4.69) is 21.3 Å². The van der Waals surface area contributed by atoms with E-state index in [-0.39, 0.29) is 0 Å². The lowest BCUT2D eigenvalue weighted by atomic mass is 9.93. The van der Waals surface area contributed by atoms with Gasteiger partial charge in [0, 0.05) is 56.1 Å². The topological polar surface area (TPSA) is 952 Å². The quantitative estimate of drug-likeness (QED) is 0.0270. The number of amides is 4. The molecule has 12 rings (SSSR count). The molecule has 0 aromatic rings. The number of aliphatic hydroxyl groups is 29. The zero-order valence-electron chi connectivity index (χ0n) is 80.2. The number of rotatable bonds is 41. The van der Waals surface area contributed by atoms with Gasteiger partial charge in [0.1, 0.15) is 287 Å². The Morgan fingerprint density at radius 1 is 0.218 bits per heavy atom. The SMILES string of the molecule is CO[C@H]1[C@@H](O)[C@@H](CO)O[C@@H](OC[C@H]2O[C@@H](OC[C@H]3O[C@@H](O[C@H]4[C@H](O)[C@@H](NC(C)=O)[C@H](O[C@@H]5[C@@H](O[C@H]6[C@H](O)[C@@H](CO[C@H]7O[C@H](CO)[C@@H](O)[C@H](O)[C@@H]7O)O[C@@H](O[C@H]7[C@H](O)[C@@H](NC(C)=O)[C@H](O[C@H]8[C@H](O)[C@@H](NC(C)=O)C(O)O[C@@H]8CO)O[C@@H]7CO)[C@H]6O[C@@H]6OC[C@@H](O)[C@H](O)[C@H]6O)O[C@H](CO)[C@@H](O)[C@@H]5O)O[C@@H]4CO)[C@H](NC(C)=O)[C@@H](O[C@@H]4O[C@H](CO[C@@H]5O[C@H](CO)[C@H](O)[C@H](OC)[C@H]5O)[C@H](O)[C@H](OC)[C@H]4O)[C@H]3O)[C@H](O)[C@@H](OC)[C@H]2O)[C@@H]1O. The van der Waals surface area contributed by atoms with E-state index < -0.39 is 465 Å². The Hall–Kier alpha value is -4.36. The second-order valence-corrected chi connectivity index (χ2v) is 37.1. The van der Waals surface area contributed by atoms with Gasteiger partial charge in [0.2, 0.25) is 23.6 Å². The van der Waals surface area contributed by atoms with Crippen molar-refractivity contribution in [3.8, 4) is 0 Å². The van der Waals surface area contributed by atoms with Crippen molar-refractivity contribution in [2.24, 2.45) is 0 Å². The Bertz CT molecular complexity index is 4020. The molecule has 0 saturated carbocycles. The molecular formula is C83H140N4O60. The van der Waals surface area contributed by atoms with Crippen LogP contribution in [0.4, 0.5) is 0 Å². The van der Waals surface area contributed by atoms with Crippen LogP contribution in [0.15, 0.2) is 0 Å². The first kappa shape index (κ1) is 121. The second-order valence-electron chi connectivity index (χ2n) is 37.1. The van der Waals surface area contributed by atoms with Crippen molar-refractivity contribution in [2.45, 2.75) is 390 Å². The summed E-state index contributed by atoms with van der Waals surface area (Å²) in [6.45, 7) is -8.68. The van der Waals surface area contributed by atoms with Crippen molar-refractivity contribution in [2.75, 3.05) is 108 Å². The Kier molecular flexibility index (Phi) is 44.6. The summed E-state index contributed by atoms with van der Waals surface area (Å²) < 4.78 is 162. The standard InChI is InChI=1S/C83H140N4O60/c1-21(95)84-37-50(109)61(30(13-92)130-72(37)120)141-73-38(85-22(2)96)52(111)63(32(15-94)135-73)143-83-71(147-77-55(114)41(100)25(99)16-125-77)69(49(108)36(140-83)20-126-76-56(115)53(112)42(101)26(9-88)131-76)145-82-70(54(113)43(102)27(10-89)134-82)146-74-39(86-23(3)97)51(110)62(31(14-93)136-74)142-75-40(87-24(4)98)64(144-81-60(119)68(124-8)48(107)35(139-81)19-128-79-58(117)66(122-6)45(104)29(12-91)133-79)46(105)33(137-75)17-129-80-59(118)67(123-7)47(106)34(138-80)18-127-78-57(116)65(121-5)44(103)28(11-90)132-78/h25-83,88-94,99-120H,9-20H2,1-8H3,(H,84,95)(H,85,96)(H,86,97)(H,87,98)/t25-,26-,27-,28-,29-,30-,31-,32-,33-,34-,35-,36-,37-,38-,39-,40-,41+,42-,43-,44+,45+,46+,47+,48+,49-,50-,51-,52-,53+,54+,55-,56+,57-,58-,59-,60-,61-,62-,63-,64-,65+,66+,67+,68+,69+,70+,71+,72?,73+,74+,75+,76+,77+,78-,79-,80-,81+,82-,83+/m1/s1. The zero-order valence-corrected chi connectivity index (χ0v) is 80.2. The van der Waals surface area contributed by atoms with E-state index in [4.69, 9.17) is 128 Å². The average molecular weight is 2150 g/mol. The molecule has 0 radical (unpaired) electrons. The van der Waals surface area contributed by atoms with Gasteiger partial charge < -0.3 is 297 Å². The molecule has 33 N–H and O–H groups in total. The van der Waals surface area contributed by atoms with E-state index in [9.17, 15) is 167 Å². The van der Waals surface area contributed by atoms with Gasteiger partial charge in [0.05, 0.1) is 79.3 Å². The minimum Gasteiger partial charge on any atom is -0.394 e. The Morgan fingerprint density at radius 3 is 0.884 bits per heavy atom. The van der Waals surface area contributed by atoms with Crippen molar-refractivity contribution >= 4 is 23.6 Å². The third-order valence-electron chi connectivity index (χ3n) is 27.2. The van der Waals surface area contributed by atoms with Crippen molar-refractivity contribution < 1.29 is 295 Å². The van der Waals surface area contributed by atoms with E-state index in [0.29, 0.717) is 0 Å². The van der Waals surface area contributed by atoms with Crippen molar-refractivity contribution in [3.05, 3.63) is 0 Å². The monoisotopic (exact) mass is 2150 g/mol. The van der Waals surface area contributed by atoms with Crippen LogP contribution in [0.25, 0.3) is 0 Å². The summed E-state index contributed by atoms with van der Waals surface area (Å²) in [5, 5.41) is 340. The lowest BCUT2D eigenvalue weighted by Gasteiger charge is -2.52. The maximum Gasteiger partial charge on any atom is 0.217 e. The minimum atomic E-state index is -2.59.